The Morgan fingerprint density at radius 3 is 2.76 bits per heavy atom. The molecule has 1 aliphatic rings. The predicted octanol–water partition coefficient (Wildman–Crippen LogP) is 2.81. The molecular weight excluding hydrogens is 312 g/mol. The van der Waals surface area contributed by atoms with Gasteiger partial charge in [0.15, 0.2) is 5.82 Å². The first-order valence-corrected chi connectivity index (χ1v) is 8.75. The molecule has 0 aromatic carbocycles. The quantitative estimate of drug-likeness (QED) is 0.734. The molecule has 6 nitrogen and oxygen atoms in total. The molecule has 4 rings (SSSR count). The topological polar surface area (TPSA) is 59.7 Å². The van der Waals surface area contributed by atoms with Crippen molar-refractivity contribution in [3.63, 3.8) is 0 Å². The standard InChI is InChI=1S/C19H22N6/c1-15-4-5-18(23-22-15)24-11-2-3-17(14-24)19-21-10-12-25(19)13-16-6-8-20-9-7-16/h4-10,12,17H,2-3,11,13-14H2,1H3/t17-/m1/s1. The fourth-order valence-corrected chi connectivity index (χ4v) is 3.46. The van der Waals surface area contributed by atoms with Gasteiger partial charge in [-0.25, -0.2) is 4.98 Å². The minimum atomic E-state index is 0.411. The zero-order valence-corrected chi connectivity index (χ0v) is 14.4. The molecule has 3 aromatic heterocycles. The lowest BCUT2D eigenvalue weighted by atomic mass is 9.97. The van der Waals surface area contributed by atoms with Crippen LogP contribution < -0.4 is 4.90 Å². The molecule has 1 aliphatic heterocycles. The summed E-state index contributed by atoms with van der Waals surface area (Å²) in [6.45, 7) is 4.76. The summed E-state index contributed by atoms with van der Waals surface area (Å²) >= 11 is 0. The number of nitrogens with zero attached hydrogens (tertiary/aromatic N) is 6. The number of rotatable bonds is 4. The van der Waals surface area contributed by atoms with Crippen LogP contribution in [0.5, 0.6) is 0 Å². The van der Waals surface area contributed by atoms with Gasteiger partial charge in [0.05, 0.1) is 5.69 Å². The third kappa shape index (κ3) is 3.52. The molecule has 0 bridgehead atoms. The fourth-order valence-electron chi connectivity index (χ4n) is 3.46. The molecule has 4 heterocycles. The van der Waals surface area contributed by atoms with Gasteiger partial charge in [-0.1, -0.05) is 0 Å². The summed E-state index contributed by atoms with van der Waals surface area (Å²) in [7, 11) is 0. The highest BCUT2D eigenvalue weighted by molar-refractivity contribution is 5.38. The van der Waals surface area contributed by atoms with Crippen LogP contribution in [0, 0.1) is 6.92 Å². The van der Waals surface area contributed by atoms with E-state index in [1.807, 2.05) is 31.6 Å². The molecule has 0 amide bonds. The fraction of sp³-hybridized carbons (Fsp3) is 0.368. The second-order valence-electron chi connectivity index (χ2n) is 6.59. The number of hydrogen-bond donors (Lipinski definition) is 0. The third-order valence-electron chi connectivity index (χ3n) is 4.74. The SMILES string of the molecule is Cc1ccc(N2CCC[C@@H](c3nccn3Cc3ccncc3)C2)nn1. The van der Waals surface area contributed by atoms with Crippen LogP contribution in [-0.2, 0) is 6.54 Å². The van der Waals surface area contributed by atoms with Crippen molar-refractivity contribution < 1.29 is 0 Å². The van der Waals surface area contributed by atoms with E-state index in [0.29, 0.717) is 5.92 Å². The van der Waals surface area contributed by atoms with Crippen LogP contribution in [0.4, 0.5) is 5.82 Å². The maximum Gasteiger partial charge on any atom is 0.151 e. The summed E-state index contributed by atoms with van der Waals surface area (Å²) in [5.41, 5.74) is 2.19. The van der Waals surface area contributed by atoms with Crippen molar-refractivity contribution in [2.24, 2.45) is 0 Å². The van der Waals surface area contributed by atoms with E-state index in [2.05, 4.69) is 54.0 Å². The van der Waals surface area contributed by atoms with Gasteiger partial charge in [-0.3, -0.25) is 4.98 Å². The van der Waals surface area contributed by atoms with E-state index >= 15 is 0 Å². The van der Waals surface area contributed by atoms with E-state index in [1.54, 1.807) is 0 Å². The van der Waals surface area contributed by atoms with Gasteiger partial charge in [0.2, 0.25) is 0 Å². The first kappa shape index (κ1) is 15.7. The Balaban J connectivity index is 1.52. The van der Waals surface area contributed by atoms with Gasteiger partial charge in [-0.05, 0) is 49.6 Å². The van der Waals surface area contributed by atoms with Gasteiger partial charge >= 0.3 is 0 Å². The molecule has 0 saturated carbocycles. The van der Waals surface area contributed by atoms with Gasteiger partial charge < -0.3 is 9.47 Å². The summed E-state index contributed by atoms with van der Waals surface area (Å²) in [6.07, 6.45) is 9.95. The second-order valence-corrected chi connectivity index (χ2v) is 6.59. The second kappa shape index (κ2) is 7.01. The highest BCUT2D eigenvalue weighted by Gasteiger charge is 2.25. The van der Waals surface area contributed by atoms with Crippen molar-refractivity contribution in [2.75, 3.05) is 18.0 Å². The summed E-state index contributed by atoms with van der Waals surface area (Å²) < 4.78 is 2.25. The van der Waals surface area contributed by atoms with E-state index in [-0.39, 0.29) is 0 Å². The van der Waals surface area contributed by atoms with Gasteiger partial charge in [0, 0.05) is 50.3 Å². The first-order valence-electron chi connectivity index (χ1n) is 8.75. The molecule has 25 heavy (non-hydrogen) atoms. The van der Waals surface area contributed by atoms with Crippen LogP contribution in [0.3, 0.4) is 0 Å². The number of hydrogen-bond acceptors (Lipinski definition) is 5. The molecule has 1 fully saturated rings. The van der Waals surface area contributed by atoms with Crippen molar-refractivity contribution in [3.8, 4) is 0 Å². The van der Waals surface area contributed by atoms with Gasteiger partial charge in [0.1, 0.15) is 5.82 Å². The smallest absolute Gasteiger partial charge is 0.151 e. The number of imidazole rings is 1. The summed E-state index contributed by atoms with van der Waals surface area (Å²) in [5, 5.41) is 8.55. The first-order chi connectivity index (χ1) is 12.3. The van der Waals surface area contributed by atoms with Crippen LogP contribution >= 0.6 is 0 Å². The molecule has 0 aliphatic carbocycles. The predicted molar refractivity (Wildman–Crippen MR) is 96.5 cm³/mol. The van der Waals surface area contributed by atoms with Gasteiger partial charge in [-0.2, -0.15) is 5.10 Å². The van der Waals surface area contributed by atoms with Crippen molar-refractivity contribution in [1.82, 2.24) is 24.7 Å². The summed E-state index contributed by atoms with van der Waals surface area (Å²) in [5.74, 6) is 2.53. The minimum Gasteiger partial charge on any atom is -0.354 e. The Hall–Kier alpha value is -2.76. The lowest BCUT2D eigenvalue weighted by Crippen LogP contribution is -2.36. The normalized spacial score (nSPS) is 17.6. The molecule has 1 atom stereocenters. The van der Waals surface area contributed by atoms with E-state index < -0.39 is 0 Å². The number of aromatic nitrogens is 5. The molecule has 0 unspecified atom stereocenters. The lowest BCUT2D eigenvalue weighted by molar-refractivity contribution is 0.473. The molecule has 0 N–H and O–H groups in total. The Kier molecular flexibility index (Phi) is 4.41. The average Bonchev–Trinajstić information content (AvgIpc) is 3.11. The Labute approximate surface area is 147 Å². The van der Waals surface area contributed by atoms with E-state index in [1.165, 1.54) is 5.56 Å². The monoisotopic (exact) mass is 334 g/mol. The van der Waals surface area contributed by atoms with Crippen molar-refractivity contribution >= 4 is 5.82 Å². The molecule has 0 spiro atoms. The van der Waals surface area contributed by atoms with Crippen LogP contribution in [-0.4, -0.2) is 37.8 Å². The Bertz CT molecular complexity index is 811. The summed E-state index contributed by atoms with van der Waals surface area (Å²) in [4.78, 5) is 11.1. The van der Waals surface area contributed by atoms with Crippen molar-refractivity contribution in [2.45, 2.75) is 32.2 Å². The largest absolute Gasteiger partial charge is 0.354 e. The van der Waals surface area contributed by atoms with Crippen LogP contribution in [0.15, 0.2) is 49.1 Å². The van der Waals surface area contributed by atoms with Crippen molar-refractivity contribution in [1.29, 1.82) is 0 Å². The molecule has 128 valence electrons. The van der Waals surface area contributed by atoms with Crippen molar-refractivity contribution in [3.05, 3.63) is 66.1 Å². The van der Waals surface area contributed by atoms with Crippen LogP contribution in [0.2, 0.25) is 0 Å². The number of pyridine rings is 1. The zero-order chi connectivity index (χ0) is 17.1. The molecule has 0 radical (unpaired) electrons. The van der Waals surface area contributed by atoms with Crippen LogP contribution in [0.25, 0.3) is 0 Å². The lowest BCUT2D eigenvalue weighted by Gasteiger charge is -2.33. The number of piperidine rings is 1. The Morgan fingerprint density at radius 2 is 1.96 bits per heavy atom. The summed E-state index contributed by atoms with van der Waals surface area (Å²) in [6, 6.07) is 8.20. The van der Waals surface area contributed by atoms with Crippen LogP contribution in [0.1, 0.15) is 35.8 Å². The highest BCUT2D eigenvalue weighted by atomic mass is 15.3. The highest BCUT2D eigenvalue weighted by Crippen LogP contribution is 2.28. The molecule has 3 aromatic rings. The average molecular weight is 334 g/mol. The number of aryl methyl sites for hydroxylation is 1. The van der Waals surface area contributed by atoms with E-state index in [4.69, 9.17) is 0 Å². The van der Waals surface area contributed by atoms with Gasteiger partial charge in [0.25, 0.3) is 0 Å². The molecule has 6 heteroatoms. The maximum atomic E-state index is 4.66. The maximum absolute atomic E-state index is 4.66. The Morgan fingerprint density at radius 1 is 1.08 bits per heavy atom. The molecule has 1 saturated heterocycles. The number of anilines is 1. The zero-order valence-electron chi connectivity index (χ0n) is 14.4. The van der Waals surface area contributed by atoms with Gasteiger partial charge in [-0.15, -0.1) is 5.10 Å². The minimum absolute atomic E-state index is 0.411. The van der Waals surface area contributed by atoms with E-state index in [9.17, 15) is 0 Å². The third-order valence-corrected chi connectivity index (χ3v) is 4.74. The van der Waals surface area contributed by atoms with E-state index in [0.717, 1.165) is 49.8 Å². The molecular formula is C19H22N6.